The molecule has 1 saturated carbocycles. The second-order valence-electron chi connectivity index (χ2n) is 5.35. The third-order valence-electron chi connectivity index (χ3n) is 4.16. The van der Waals surface area contributed by atoms with Gasteiger partial charge < -0.3 is 4.74 Å². The van der Waals surface area contributed by atoms with E-state index < -0.39 is 0 Å². The normalized spacial score (nSPS) is 23.1. The van der Waals surface area contributed by atoms with Crippen molar-refractivity contribution in [1.82, 2.24) is 0 Å². The van der Waals surface area contributed by atoms with Gasteiger partial charge in [-0.25, -0.2) is 0 Å². The maximum atomic E-state index is 12.7. The highest BCUT2D eigenvalue weighted by Gasteiger charge is 2.28. The van der Waals surface area contributed by atoms with Crippen LogP contribution in [0.15, 0.2) is 18.2 Å². The Morgan fingerprint density at radius 1 is 1.42 bits per heavy atom. The molecule has 1 aromatic rings. The second kappa shape index (κ2) is 6.42. The molecule has 0 aliphatic heterocycles. The van der Waals surface area contributed by atoms with E-state index >= 15 is 0 Å². The number of Topliss-reactive ketones (excluding diaryl/α,β-unsaturated/α-hetero) is 1. The minimum atomic E-state index is 0.131. The van der Waals surface area contributed by atoms with Crippen molar-refractivity contribution in [2.75, 3.05) is 7.11 Å². The van der Waals surface area contributed by atoms with E-state index in [4.69, 9.17) is 16.3 Å². The quantitative estimate of drug-likeness (QED) is 0.744. The molecule has 19 heavy (non-hydrogen) atoms. The third kappa shape index (κ3) is 3.30. The van der Waals surface area contributed by atoms with Gasteiger partial charge in [0.2, 0.25) is 0 Å². The average Bonchev–Trinajstić information content (AvgIpc) is 2.46. The number of carbonyl (C=O) groups is 1. The first-order chi connectivity index (χ1) is 9.15. The Kier molecular flexibility index (Phi) is 4.87. The third-order valence-corrected chi connectivity index (χ3v) is 4.39. The first-order valence-electron chi connectivity index (χ1n) is 7.03. The number of methoxy groups -OCH3 is 1. The van der Waals surface area contributed by atoms with E-state index in [1.807, 2.05) is 0 Å². The molecule has 1 fully saturated rings. The summed E-state index contributed by atoms with van der Waals surface area (Å²) in [5.41, 5.74) is 0.636. The highest BCUT2D eigenvalue weighted by Crippen LogP contribution is 2.35. The monoisotopic (exact) mass is 280 g/mol. The predicted molar refractivity (Wildman–Crippen MR) is 78.1 cm³/mol. The van der Waals surface area contributed by atoms with Crippen LogP contribution in [0.2, 0.25) is 5.02 Å². The van der Waals surface area contributed by atoms with Crippen LogP contribution in [0, 0.1) is 11.8 Å². The van der Waals surface area contributed by atoms with Crippen LogP contribution in [0.1, 0.15) is 49.4 Å². The second-order valence-corrected chi connectivity index (χ2v) is 5.78. The summed E-state index contributed by atoms with van der Waals surface area (Å²) in [5, 5.41) is 0.590. The van der Waals surface area contributed by atoms with Crippen molar-refractivity contribution in [3.05, 3.63) is 28.8 Å². The molecule has 2 unspecified atom stereocenters. The Balaban J connectivity index is 2.21. The molecule has 0 saturated heterocycles. The van der Waals surface area contributed by atoms with Crippen LogP contribution < -0.4 is 4.74 Å². The summed E-state index contributed by atoms with van der Waals surface area (Å²) in [6.07, 6.45) is 5.57. The Morgan fingerprint density at radius 2 is 2.21 bits per heavy atom. The molecule has 1 aliphatic carbocycles. The van der Waals surface area contributed by atoms with E-state index in [0.717, 1.165) is 25.7 Å². The number of halogens is 1. The topological polar surface area (TPSA) is 26.3 Å². The van der Waals surface area contributed by atoms with Gasteiger partial charge in [-0.2, -0.15) is 0 Å². The fraction of sp³-hybridized carbons (Fsp3) is 0.562. The zero-order valence-electron chi connectivity index (χ0n) is 11.6. The van der Waals surface area contributed by atoms with Gasteiger partial charge in [-0.1, -0.05) is 37.8 Å². The minimum Gasteiger partial charge on any atom is -0.496 e. The van der Waals surface area contributed by atoms with Gasteiger partial charge in [-0.15, -0.1) is 0 Å². The molecule has 0 heterocycles. The number of ether oxygens (including phenoxy) is 1. The largest absolute Gasteiger partial charge is 0.496 e. The van der Waals surface area contributed by atoms with Gasteiger partial charge in [0, 0.05) is 10.9 Å². The lowest BCUT2D eigenvalue weighted by atomic mass is 9.77. The highest BCUT2D eigenvalue weighted by molar-refractivity contribution is 6.31. The van der Waals surface area contributed by atoms with E-state index in [1.165, 1.54) is 6.42 Å². The van der Waals surface area contributed by atoms with Crippen LogP contribution in [0.25, 0.3) is 0 Å². The summed E-state index contributed by atoms with van der Waals surface area (Å²) in [5.74, 6) is 1.64. The first kappa shape index (κ1) is 14.4. The summed E-state index contributed by atoms with van der Waals surface area (Å²) < 4.78 is 5.29. The van der Waals surface area contributed by atoms with Crippen molar-refractivity contribution < 1.29 is 9.53 Å². The number of rotatable bonds is 4. The van der Waals surface area contributed by atoms with E-state index in [-0.39, 0.29) is 11.7 Å². The van der Waals surface area contributed by atoms with Crippen LogP contribution >= 0.6 is 11.6 Å². The molecule has 0 aromatic heterocycles. The Bertz CT molecular complexity index is 456. The fourth-order valence-electron chi connectivity index (χ4n) is 2.99. The lowest BCUT2D eigenvalue weighted by Gasteiger charge is -2.27. The molecule has 2 atom stereocenters. The number of carbonyl (C=O) groups excluding carboxylic acids is 1. The van der Waals surface area contributed by atoms with E-state index in [0.29, 0.717) is 22.3 Å². The van der Waals surface area contributed by atoms with Gasteiger partial charge in [0.15, 0.2) is 5.78 Å². The van der Waals surface area contributed by atoms with Crippen LogP contribution in [0.4, 0.5) is 0 Å². The van der Waals surface area contributed by atoms with Crippen molar-refractivity contribution in [3.63, 3.8) is 0 Å². The van der Waals surface area contributed by atoms with Gasteiger partial charge in [0.05, 0.1) is 12.7 Å². The Hall–Kier alpha value is -1.02. The molecule has 0 bridgehead atoms. The number of benzene rings is 1. The molecule has 104 valence electrons. The number of hydrogen-bond acceptors (Lipinski definition) is 2. The van der Waals surface area contributed by atoms with Gasteiger partial charge in [-0.3, -0.25) is 4.79 Å². The Morgan fingerprint density at radius 3 is 2.89 bits per heavy atom. The molecule has 0 N–H and O–H groups in total. The van der Waals surface area contributed by atoms with E-state index in [9.17, 15) is 4.79 Å². The molecule has 3 heteroatoms. The zero-order valence-corrected chi connectivity index (χ0v) is 12.4. The fourth-order valence-corrected chi connectivity index (χ4v) is 3.16. The maximum absolute atomic E-state index is 12.7. The van der Waals surface area contributed by atoms with Gasteiger partial charge in [0.25, 0.3) is 0 Å². The molecule has 1 aromatic carbocycles. The molecule has 2 nitrogen and oxygen atoms in total. The van der Waals surface area contributed by atoms with Crippen LogP contribution in [-0.4, -0.2) is 12.9 Å². The lowest BCUT2D eigenvalue weighted by Crippen LogP contribution is -2.23. The highest BCUT2D eigenvalue weighted by atomic mass is 35.5. The SMILES string of the molecule is CCC1CCCC(C(=O)c2cc(Cl)ccc2OC)C1. The standard InChI is InChI=1S/C16H21ClO2/c1-3-11-5-4-6-12(9-11)16(18)14-10-13(17)7-8-15(14)19-2/h7-8,10-12H,3-6,9H2,1-2H3. The van der Waals surface area contributed by atoms with Crippen LogP contribution in [0.3, 0.4) is 0 Å². The first-order valence-corrected chi connectivity index (χ1v) is 7.41. The summed E-state index contributed by atoms with van der Waals surface area (Å²) >= 11 is 6.00. The van der Waals surface area contributed by atoms with E-state index in [2.05, 4.69) is 6.92 Å². The smallest absolute Gasteiger partial charge is 0.169 e. The number of hydrogen-bond donors (Lipinski definition) is 0. The summed E-state index contributed by atoms with van der Waals surface area (Å²) in [4.78, 5) is 12.7. The molecule has 0 amide bonds. The zero-order chi connectivity index (χ0) is 13.8. The van der Waals surface area contributed by atoms with Crippen molar-refractivity contribution in [2.45, 2.75) is 39.0 Å². The van der Waals surface area contributed by atoms with Crippen LogP contribution in [-0.2, 0) is 0 Å². The predicted octanol–water partition coefficient (Wildman–Crippen LogP) is 4.75. The maximum Gasteiger partial charge on any atom is 0.169 e. The summed E-state index contributed by atoms with van der Waals surface area (Å²) in [7, 11) is 1.59. The van der Waals surface area contributed by atoms with Crippen molar-refractivity contribution >= 4 is 17.4 Å². The molecule has 0 radical (unpaired) electrons. The van der Waals surface area contributed by atoms with Gasteiger partial charge >= 0.3 is 0 Å². The Labute approximate surface area is 120 Å². The summed E-state index contributed by atoms with van der Waals surface area (Å²) in [6.45, 7) is 2.21. The van der Waals surface area contributed by atoms with Gasteiger partial charge in [-0.05, 0) is 37.0 Å². The van der Waals surface area contributed by atoms with E-state index in [1.54, 1.807) is 25.3 Å². The molecular weight excluding hydrogens is 260 g/mol. The van der Waals surface area contributed by atoms with Crippen molar-refractivity contribution in [1.29, 1.82) is 0 Å². The molecule has 1 aliphatic rings. The molecular formula is C16H21ClO2. The molecule has 2 rings (SSSR count). The average molecular weight is 281 g/mol. The molecule has 0 spiro atoms. The van der Waals surface area contributed by atoms with Gasteiger partial charge in [0.1, 0.15) is 5.75 Å². The summed E-state index contributed by atoms with van der Waals surface area (Å²) in [6, 6.07) is 5.26. The number of ketones is 1. The minimum absolute atomic E-state index is 0.131. The van der Waals surface area contributed by atoms with Crippen LogP contribution in [0.5, 0.6) is 5.75 Å². The van der Waals surface area contributed by atoms with Crippen molar-refractivity contribution in [2.24, 2.45) is 11.8 Å². The van der Waals surface area contributed by atoms with Crippen molar-refractivity contribution in [3.8, 4) is 5.75 Å². The lowest BCUT2D eigenvalue weighted by molar-refractivity contribution is 0.0859.